The molecule has 0 aromatic heterocycles. The van der Waals surface area contributed by atoms with E-state index in [1.807, 2.05) is 19.2 Å². The molecule has 0 aliphatic carbocycles. The molecule has 1 aromatic carbocycles. The first-order valence-electron chi connectivity index (χ1n) is 4.43. The molecular weight excluding hydrogens is 182 g/mol. The van der Waals surface area contributed by atoms with E-state index < -0.39 is 0 Å². The lowest BCUT2D eigenvalue weighted by atomic mass is 9.90. The molecule has 1 aromatic rings. The van der Waals surface area contributed by atoms with Crippen LogP contribution in [0, 0.1) is 6.92 Å². The van der Waals surface area contributed by atoms with Gasteiger partial charge in [-0.25, -0.2) is 0 Å². The number of aryl methyl sites for hydroxylation is 1. The molecule has 0 spiro atoms. The van der Waals surface area contributed by atoms with Gasteiger partial charge < -0.3 is 5.32 Å². The predicted octanol–water partition coefficient (Wildman–Crippen LogP) is 3.10. The second kappa shape index (κ2) is 3.69. The summed E-state index contributed by atoms with van der Waals surface area (Å²) >= 11 is 6.15. The van der Waals surface area contributed by atoms with E-state index >= 15 is 0 Å². The predicted molar refractivity (Wildman–Crippen MR) is 58.3 cm³/mol. The van der Waals surface area contributed by atoms with Gasteiger partial charge >= 0.3 is 0 Å². The summed E-state index contributed by atoms with van der Waals surface area (Å²) in [5.74, 6) is 0. The smallest absolute Gasteiger partial charge is 0.0459 e. The number of hydrogen-bond acceptors (Lipinski definition) is 1. The lowest BCUT2D eigenvalue weighted by Gasteiger charge is -2.27. The molecule has 13 heavy (non-hydrogen) atoms. The Hall–Kier alpha value is -0.530. The fraction of sp³-hybridized carbons (Fsp3) is 0.455. The van der Waals surface area contributed by atoms with Gasteiger partial charge in [0.2, 0.25) is 0 Å². The Bertz CT molecular complexity index is 285. The summed E-state index contributed by atoms with van der Waals surface area (Å²) < 4.78 is 0. The maximum Gasteiger partial charge on any atom is 0.0459 e. The van der Waals surface area contributed by atoms with Gasteiger partial charge in [-0.2, -0.15) is 0 Å². The van der Waals surface area contributed by atoms with Gasteiger partial charge in [0.05, 0.1) is 0 Å². The highest BCUT2D eigenvalue weighted by Gasteiger charge is 2.22. The van der Waals surface area contributed by atoms with Crippen molar-refractivity contribution in [2.45, 2.75) is 26.3 Å². The molecule has 0 radical (unpaired) electrons. The van der Waals surface area contributed by atoms with Crippen LogP contribution in [-0.4, -0.2) is 7.05 Å². The average Bonchev–Trinajstić information content (AvgIpc) is 2.03. The number of rotatable bonds is 2. The summed E-state index contributed by atoms with van der Waals surface area (Å²) in [4.78, 5) is 0. The van der Waals surface area contributed by atoms with Crippen molar-refractivity contribution < 1.29 is 0 Å². The molecular formula is C11H16ClN. The first-order valence-corrected chi connectivity index (χ1v) is 4.81. The highest BCUT2D eigenvalue weighted by molar-refractivity contribution is 6.31. The van der Waals surface area contributed by atoms with Crippen LogP contribution >= 0.6 is 11.6 Å². The molecule has 1 nitrogen and oxygen atoms in total. The van der Waals surface area contributed by atoms with Crippen LogP contribution < -0.4 is 5.32 Å². The van der Waals surface area contributed by atoms with Gasteiger partial charge in [-0.05, 0) is 45.0 Å². The van der Waals surface area contributed by atoms with Crippen molar-refractivity contribution in [2.75, 3.05) is 7.05 Å². The van der Waals surface area contributed by atoms with E-state index in [1.54, 1.807) is 0 Å². The molecule has 0 aliphatic heterocycles. The molecule has 1 N–H and O–H groups in total. The van der Waals surface area contributed by atoms with Crippen molar-refractivity contribution in [1.29, 1.82) is 0 Å². The van der Waals surface area contributed by atoms with E-state index in [9.17, 15) is 0 Å². The number of nitrogens with one attached hydrogen (secondary N) is 1. The third-order valence-electron chi connectivity index (χ3n) is 2.47. The summed E-state index contributed by atoms with van der Waals surface area (Å²) in [5.41, 5.74) is 2.34. The van der Waals surface area contributed by atoms with Crippen LogP contribution in [0.2, 0.25) is 5.02 Å². The lowest BCUT2D eigenvalue weighted by molar-refractivity contribution is 0.442. The minimum absolute atomic E-state index is 0.0670. The van der Waals surface area contributed by atoms with Gasteiger partial charge in [-0.15, -0.1) is 0 Å². The van der Waals surface area contributed by atoms with E-state index in [1.165, 1.54) is 11.1 Å². The molecule has 0 fully saturated rings. The van der Waals surface area contributed by atoms with Crippen LogP contribution in [0.5, 0.6) is 0 Å². The molecule has 72 valence electrons. The quantitative estimate of drug-likeness (QED) is 0.769. The van der Waals surface area contributed by atoms with E-state index in [2.05, 4.69) is 32.2 Å². The maximum absolute atomic E-state index is 6.15. The molecule has 0 saturated heterocycles. The Morgan fingerprint density at radius 1 is 1.31 bits per heavy atom. The maximum atomic E-state index is 6.15. The van der Waals surface area contributed by atoms with Crippen molar-refractivity contribution in [3.8, 4) is 0 Å². The van der Waals surface area contributed by atoms with Crippen LogP contribution in [0.25, 0.3) is 0 Å². The zero-order valence-electron chi connectivity index (χ0n) is 8.61. The molecule has 2 heteroatoms. The Morgan fingerprint density at radius 3 is 2.38 bits per heavy atom. The van der Waals surface area contributed by atoms with Crippen LogP contribution in [0.1, 0.15) is 25.0 Å². The molecule has 0 saturated carbocycles. The third-order valence-corrected chi connectivity index (χ3v) is 2.79. The van der Waals surface area contributed by atoms with Crippen molar-refractivity contribution in [3.63, 3.8) is 0 Å². The Balaban J connectivity index is 3.28. The van der Waals surface area contributed by atoms with Crippen LogP contribution in [0.15, 0.2) is 18.2 Å². The number of halogens is 1. The Morgan fingerprint density at radius 2 is 1.92 bits per heavy atom. The normalized spacial score (nSPS) is 11.8. The third kappa shape index (κ3) is 2.04. The van der Waals surface area contributed by atoms with Gasteiger partial charge in [0.25, 0.3) is 0 Å². The minimum Gasteiger partial charge on any atom is -0.311 e. The molecule has 0 atom stereocenters. The standard InChI is InChI=1S/C11H16ClN/c1-8-6-5-7-9(12)10(8)11(2,3)13-4/h5-7,13H,1-4H3. The van der Waals surface area contributed by atoms with Crippen LogP contribution in [0.4, 0.5) is 0 Å². The summed E-state index contributed by atoms with van der Waals surface area (Å²) in [6, 6.07) is 6.00. The van der Waals surface area contributed by atoms with E-state index in [4.69, 9.17) is 11.6 Å². The monoisotopic (exact) mass is 197 g/mol. The highest BCUT2D eigenvalue weighted by Crippen LogP contribution is 2.29. The fourth-order valence-corrected chi connectivity index (χ4v) is 2.01. The SMILES string of the molecule is CNC(C)(C)c1c(C)cccc1Cl. The van der Waals surface area contributed by atoms with E-state index in [-0.39, 0.29) is 5.54 Å². The van der Waals surface area contributed by atoms with Gasteiger partial charge in [-0.1, -0.05) is 23.7 Å². The fourth-order valence-electron chi connectivity index (χ4n) is 1.55. The molecule has 0 bridgehead atoms. The van der Waals surface area contributed by atoms with Gasteiger partial charge in [-0.3, -0.25) is 0 Å². The van der Waals surface area contributed by atoms with Crippen LogP contribution in [0.3, 0.4) is 0 Å². The molecule has 1 rings (SSSR count). The second-order valence-electron chi connectivity index (χ2n) is 3.81. The van der Waals surface area contributed by atoms with E-state index in [0.717, 1.165) is 5.02 Å². The number of benzene rings is 1. The Labute approximate surface area is 85.1 Å². The summed E-state index contributed by atoms with van der Waals surface area (Å²) in [6.45, 7) is 6.34. The van der Waals surface area contributed by atoms with Gasteiger partial charge in [0.15, 0.2) is 0 Å². The topological polar surface area (TPSA) is 12.0 Å². The summed E-state index contributed by atoms with van der Waals surface area (Å²) in [7, 11) is 1.95. The molecule has 0 heterocycles. The Kier molecular flexibility index (Phi) is 2.99. The van der Waals surface area contributed by atoms with Gasteiger partial charge in [0.1, 0.15) is 0 Å². The molecule has 0 aliphatic rings. The van der Waals surface area contributed by atoms with E-state index in [0.29, 0.717) is 0 Å². The van der Waals surface area contributed by atoms with Crippen LogP contribution in [-0.2, 0) is 5.54 Å². The number of hydrogen-bond donors (Lipinski definition) is 1. The lowest BCUT2D eigenvalue weighted by Crippen LogP contribution is -2.34. The molecule has 0 amide bonds. The summed E-state index contributed by atoms with van der Waals surface area (Å²) in [5, 5.41) is 4.09. The van der Waals surface area contributed by atoms with Crippen molar-refractivity contribution in [2.24, 2.45) is 0 Å². The minimum atomic E-state index is -0.0670. The van der Waals surface area contributed by atoms with Gasteiger partial charge in [0, 0.05) is 10.6 Å². The highest BCUT2D eigenvalue weighted by atomic mass is 35.5. The van der Waals surface area contributed by atoms with Crippen molar-refractivity contribution in [1.82, 2.24) is 5.32 Å². The first kappa shape index (κ1) is 10.6. The zero-order chi connectivity index (χ0) is 10.1. The second-order valence-corrected chi connectivity index (χ2v) is 4.21. The summed E-state index contributed by atoms with van der Waals surface area (Å²) in [6.07, 6.45) is 0. The zero-order valence-corrected chi connectivity index (χ0v) is 9.37. The largest absolute Gasteiger partial charge is 0.311 e. The molecule has 0 unspecified atom stereocenters. The average molecular weight is 198 g/mol. The van der Waals surface area contributed by atoms with Crippen molar-refractivity contribution >= 4 is 11.6 Å². The first-order chi connectivity index (χ1) is 5.99. The van der Waals surface area contributed by atoms with Crippen molar-refractivity contribution in [3.05, 3.63) is 34.3 Å².